The van der Waals surface area contributed by atoms with Crippen LogP contribution in [0, 0.1) is 11.7 Å². The molecule has 4 N–H and O–H groups in total. The van der Waals surface area contributed by atoms with E-state index < -0.39 is 0 Å². The van der Waals surface area contributed by atoms with Gasteiger partial charge in [0.05, 0.1) is 0 Å². The van der Waals surface area contributed by atoms with Crippen LogP contribution in [-0.4, -0.2) is 18.1 Å². The number of aromatic nitrogens is 1. The summed E-state index contributed by atoms with van der Waals surface area (Å²) in [5.74, 6) is 0.248. The summed E-state index contributed by atoms with van der Waals surface area (Å²) >= 11 is 0. The molecule has 0 saturated carbocycles. The number of nitrogens with one attached hydrogen (secondary N) is 2. The average Bonchev–Trinajstić information content (AvgIpc) is 2.93. The second kappa shape index (κ2) is 4.13. The molecule has 0 amide bonds. The smallest absolute Gasteiger partial charge is 0.123 e. The van der Waals surface area contributed by atoms with Crippen molar-refractivity contribution in [3.8, 4) is 0 Å². The molecule has 1 aromatic carbocycles. The number of H-pyrrole nitrogens is 1. The first-order valence-corrected chi connectivity index (χ1v) is 5.99. The number of halogens is 1. The zero-order valence-corrected chi connectivity index (χ0v) is 9.54. The number of hydrogen-bond acceptors (Lipinski definition) is 2. The van der Waals surface area contributed by atoms with E-state index in [0.717, 1.165) is 29.4 Å². The minimum absolute atomic E-state index is 0.194. The Morgan fingerprint density at radius 1 is 1.41 bits per heavy atom. The molecular weight excluding hydrogens is 217 g/mol. The average molecular weight is 233 g/mol. The van der Waals surface area contributed by atoms with Gasteiger partial charge in [0.15, 0.2) is 0 Å². The van der Waals surface area contributed by atoms with Crippen molar-refractivity contribution >= 4 is 10.9 Å². The minimum atomic E-state index is -0.194. The number of rotatable bonds is 2. The van der Waals surface area contributed by atoms with E-state index in [9.17, 15) is 4.39 Å². The van der Waals surface area contributed by atoms with Crippen LogP contribution in [0.5, 0.6) is 0 Å². The SMILES string of the molecule is NCC1CCNC1c1c[nH]c2ccc(F)cc12. The largest absolute Gasteiger partial charge is 0.361 e. The Hall–Kier alpha value is -1.39. The van der Waals surface area contributed by atoms with Gasteiger partial charge in [-0.15, -0.1) is 0 Å². The predicted octanol–water partition coefficient (Wildman–Crippen LogP) is 1.92. The van der Waals surface area contributed by atoms with Crippen molar-refractivity contribution < 1.29 is 4.39 Å². The van der Waals surface area contributed by atoms with E-state index in [0.29, 0.717) is 12.5 Å². The van der Waals surface area contributed by atoms with Crippen molar-refractivity contribution in [2.24, 2.45) is 11.7 Å². The maximum Gasteiger partial charge on any atom is 0.123 e. The quantitative estimate of drug-likeness (QED) is 0.742. The van der Waals surface area contributed by atoms with Crippen molar-refractivity contribution in [1.29, 1.82) is 0 Å². The minimum Gasteiger partial charge on any atom is -0.361 e. The first kappa shape index (κ1) is 10.7. The van der Waals surface area contributed by atoms with Gasteiger partial charge < -0.3 is 16.0 Å². The molecule has 90 valence electrons. The van der Waals surface area contributed by atoms with E-state index in [2.05, 4.69) is 10.3 Å². The number of fused-ring (bicyclic) bond motifs is 1. The van der Waals surface area contributed by atoms with Gasteiger partial charge >= 0.3 is 0 Å². The van der Waals surface area contributed by atoms with Crippen LogP contribution in [-0.2, 0) is 0 Å². The van der Waals surface area contributed by atoms with Crippen LogP contribution in [0.25, 0.3) is 10.9 Å². The highest BCUT2D eigenvalue weighted by Crippen LogP contribution is 2.33. The van der Waals surface area contributed by atoms with Crippen LogP contribution in [0.2, 0.25) is 0 Å². The van der Waals surface area contributed by atoms with Gasteiger partial charge in [-0.1, -0.05) is 0 Å². The maximum absolute atomic E-state index is 13.3. The Labute approximate surface area is 99.2 Å². The highest BCUT2D eigenvalue weighted by atomic mass is 19.1. The monoisotopic (exact) mass is 233 g/mol. The molecule has 0 bridgehead atoms. The summed E-state index contributed by atoms with van der Waals surface area (Å²) in [5.41, 5.74) is 7.89. The Morgan fingerprint density at radius 2 is 2.29 bits per heavy atom. The van der Waals surface area contributed by atoms with Crippen molar-refractivity contribution in [3.05, 3.63) is 35.8 Å². The van der Waals surface area contributed by atoms with E-state index in [1.807, 2.05) is 6.20 Å². The summed E-state index contributed by atoms with van der Waals surface area (Å²) < 4.78 is 13.3. The molecule has 0 spiro atoms. The number of hydrogen-bond donors (Lipinski definition) is 3. The Kier molecular flexibility index (Phi) is 2.61. The third-order valence-electron chi connectivity index (χ3n) is 3.66. The molecule has 1 aliphatic heterocycles. The molecule has 1 aliphatic rings. The third kappa shape index (κ3) is 1.73. The molecule has 2 unspecified atom stereocenters. The number of benzene rings is 1. The molecule has 0 radical (unpaired) electrons. The van der Waals surface area contributed by atoms with Crippen molar-refractivity contribution in [1.82, 2.24) is 10.3 Å². The van der Waals surface area contributed by atoms with E-state index in [1.165, 1.54) is 6.07 Å². The Balaban J connectivity index is 2.07. The maximum atomic E-state index is 13.3. The molecule has 1 fully saturated rings. The highest BCUT2D eigenvalue weighted by molar-refractivity contribution is 5.83. The van der Waals surface area contributed by atoms with Gasteiger partial charge in [0.25, 0.3) is 0 Å². The van der Waals surface area contributed by atoms with Gasteiger partial charge in [0, 0.05) is 23.1 Å². The van der Waals surface area contributed by atoms with Crippen LogP contribution in [0.15, 0.2) is 24.4 Å². The zero-order chi connectivity index (χ0) is 11.8. The molecule has 2 heterocycles. The second-order valence-corrected chi connectivity index (χ2v) is 4.65. The van der Waals surface area contributed by atoms with Crippen molar-refractivity contribution in [2.75, 3.05) is 13.1 Å². The molecular formula is C13H16FN3. The van der Waals surface area contributed by atoms with Crippen LogP contribution in [0.4, 0.5) is 4.39 Å². The summed E-state index contributed by atoms with van der Waals surface area (Å²) in [6.45, 7) is 1.65. The van der Waals surface area contributed by atoms with Crippen molar-refractivity contribution in [3.63, 3.8) is 0 Å². The van der Waals surface area contributed by atoms with Crippen LogP contribution in [0.3, 0.4) is 0 Å². The first-order chi connectivity index (χ1) is 8.29. The third-order valence-corrected chi connectivity index (χ3v) is 3.66. The Bertz CT molecular complexity index is 534. The fraction of sp³-hybridized carbons (Fsp3) is 0.385. The molecule has 3 nitrogen and oxygen atoms in total. The summed E-state index contributed by atoms with van der Waals surface area (Å²) in [7, 11) is 0. The second-order valence-electron chi connectivity index (χ2n) is 4.65. The number of aromatic amines is 1. The lowest BCUT2D eigenvalue weighted by Crippen LogP contribution is -2.22. The lowest BCUT2D eigenvalue weighted by atomic mass is 9.94. The zero-order valence-electron chi connectivity index (χ0n) is 9.54. The van der Waals surface area contributed by atoms with E-state index >= 15 is 0 Å². The van der Waals surface area contributed by atoms with Gasteiger partial charge in [-0.2, -0.15) is 0 Å². The molecule has 1 saturated heterocycles. The van der Waals surface area contributed by atoms with E-state index in [1.54, 1.807) is 12.1 Å². The van der Waals surface area contributed by atoms with Gasteiger partial charge in [0.2, 0.25) is 0 Å². The van der Waals surface area contributed by atoms with E-state index in [4.69, 9.17) is 5.73 Å². The molecule has 2 aromatic rings. The molecule has 4 heteroatoms. The lowest BCUT2D eigenvalue weighted by molar-refractivity contribution is 0.475. The summed E-state index contributed by atoms with van der Waals surface area (Å²) in [6.07, 6.45) is 3.05. The van der Waals surface area contributed by atoms with Crippen LogP contribution >= 0.6 is 0 Å². The van der Waals surface area contributed by atoms with Crippen LogP contribution < -0.4 is 11.1 Å². The topological polar surface area (TPSA) is 53.8 Å². The molecule has 0 aliphatic carbocycles. The molecule has 1 aromatic heterocycles. The molecule has 2 atom stereocenters. The van der Waals surface area contributed by atoms with Gasteiger partial charge in [-0.05, 0) is 49.2 Å². The Morgan fingerprint density at radius 3 is 3.12 bits per heavy atom. The number of nitrogens with two attached hydrogens (primary N) is 1. The normalized spacial score (nSPS) is 24.6. The summed E-state index contributed by atoms with van der Waals surface area (Å²) in [5, 5.41) is 4.41. The predicted molar refractivity (Wildman–Crippen MR) is 66.2 cm³/mol. The van der Waals surface area contributed by atoms with Gasteiger partial charge in [-0.3, -0.25) is 0 Å². The summed E-state index contributed by atoms with van der Waals surface area (Å²) in [6, 6.07) is 5.09. The van der Waals surface area contributed by atoms with Gasteiger partial charge in [0.1, 0.15) is 5.82 Å². The van der Waals surface area contributed by atoms with Crippen molar-refractivity contribution in [2.45, 2.75) is 12.5 Å². The first-order valence-electron chi connectivity index (χ1n) is 5.99. The molecule has 17 heavy (non-hydrogen) atoms. The lowest BCUT2D eigenvalue weighted by Gasteiger charge is -2.17. The molecule has 3 rings (SSSR count). The van der Waals surface area contributed by atoms with E-state index in [-0.39, 0.29) is 11.9 Å². The fourth-order valence-electron chi connectivity index (χ4n) is 2.75. The standard InChI is InChI=1S/C13H16FN3/c14-9-1-2-12-10(5-9)11(7-17-12)13-8(6-15)3-4-16-13/h1-2,5,7-8,13,16-17H,3-4,6,15H2. The van der Waals surface area contributed by atoms with Crippen LogP contribution in [0.1, 0.15) is 18.0 Å². The highest BCUT2D eigenvalue weighted by Gasteiger charge is 2.28. The fourth-order valence-corrected chi connectivity index (χ4v) is 2.75. The van der Waals surface area contributed by atoms with Gasteiger partial charge in [-0.25, -0.2) is 4.39 Å². The summed E-state index contributed by atoms with van der Waals surface area (Å²) in [4.78, 5) is 3.19.